The molecule has 1 rings (SSSR count). The van der Waals surface area contributed by atoms with Crippen molar-refractivity contribution >= 4 is 0 Å². The molecule has 0 aromatic heterocycles. The molecule has 0 unspecified atom stereocenters. The van der Waals surface area contributed by atoms with Gasteiger partial charge in [-0.25, -0.2) is 0 Å². The molecule has 1 saturated carbocycles. The summed E-state index contributed by atoms with van der Waals surface area (Å²) in [6, 6.07) is 0. The van der Waals surface area contributed by atoms with Crippen molar-refractivity contribution in [2.24, 2.45) is 5.92 Å². The van der Waals surface area contributed by atoms with Crippen LogP contribution in [0.25, 0.3) is 0 Å². The van der Waals surface area contributed by atoms with Gasteiger partial charge in [-0.3, -0.25) is 0 Å². The SMILES string of the molecule is CC1CCCCC1.[H-].[Na+]. The first-order chi connectivity index (χ1) is 3.39. The fourth-order valence-electron chi connectivity index (χ4n) is 1.31. The molecule has 1 fully saturated rings. The zero-order valence-electron chi connectivity index (χ0n) is 7.11. The van der Waals surface area contributed by atoms with Crippen LogP contribution < -0.4 is 29.6 Å². The third-order valence-electron chi connectivity index (χ3n) is 1.89. The summed E-state index contributed by atoms with van der Waals surface area (Å²) in [7, 11) is 0. The summed E-state index contributed by atoms with van der Waals surface area (Å²) in [5, 5.41) is 0. The maximum absolute atomic E-state index is 2.36. The fourth-order valence-corrected chi connectivity index (χ4v) is 1.31. The summed E-state index contributed by atoms with van der Waals surface area (Å²) in [5.74, 6) is 1.04. The Morgan fingerprint density at radius 3 is 1.88 bits per heavy atom. The van der Waals surface area contributed by atoms with E-state index in [1.807, 2.05) is 0 Å². The monoisotopic (exact) mass is 122 g/mol. The van der Waals surface area contributed by atoms with E-state index in [2.05, 4.69) is 6.92 Å². The Morgan fingerprint density at radius 1 is 1.12 bits per heavy atom. The number of hydrogen-bond acceptors (Lipinski definition) is 0. The summed E-state index contributed by atoms with van der Waals surface area (Å²) in [6.07, 6.45) is 7.44. The molecule has 0 spiro atoms. The fraction of sp³-hybridized carbons (Fsp3) is 1.00. The molecule has 0 bridgehead atoms. The molecule has 0 radical (unpaired) electrons. The third kappa shape index (κ3) is 3.11. The largest absolute Gasteiger partial charge is 1.00 e. The second-order valence-corrected chi connectivity index (χ2v) is 2.74. The molecular weight excluding hydrogens is 107 g/mol. The van der Waals surface area contributed by atoms with E-state index in [0.717, 1.165) is 5.92 Å². The van der Waals surface area contributed by atoms with Crippen molar-refractivity contribution < 1.29 is 31.0 Å². The Hall–Kier alpha value is 1.00. The van der Waals surface area contributed by atoms with Crippen molar-refractivity contribution in [2.45, 2.75) is 39.0 Å². The molecule has 0 saturated heterocycles. The Balaban J connectivity index is 0. The minimum Gasteiger partial charge on any atom is -1.00 e. The molecule has 0 aliphatic heterocycles. The van der Waals surface area contributed by atoms with Crippen molar-refractivity contribution in [1.29, 1.82) is 0 Å². The van der Waals surface area contributed by atoms with E-state index in [9.17, 15) is 0 Å². The van der Waals surface area contributed by atoms with Gasteiger partial charge in [-0.15, -0.1) is 0 Å². The standard InChI is InChI=1S/C7H14.Na.H/c1-7-5-3-2-4-6-7;;/h7H,2-6H2,1H3;;/q;+1;-1. The van der Waals surface area contributed by atoms with E-state index in [-0.39, 0.29) is 31.0 Å². The molecule has 0 amide bonds. The van der Waals surface area contributed by atoms with Crippen LogP contribution in [0.4, 0.5) is 0 Å². The van der Waals surface area contributed by atoms with E-state index in [0.29, 0.717) is 0 Å². The van der Waals surface area contributed by atoms with Gasteiger partial charge in [0.15, 0.2) is 0 Å². The molecule has 8 heavy (non-hydrogen) atoms. The van der Waals surface area contributed by atoms with Crippen LogP contribution >= 0.6 is 0 Å². The van der Waals surface area contributed by atoms with E-state index >= 15 is 0 Å². The van der Waals surface area contributed by atoms with Gasteiger partial charge in [-0.2, -0.15) is 0 Å². The van der Waals surface area contributed by atoms with E-state index in [4.69, 9.17) is 0 Å². The number of rotatable bonds is 0. The second-order valence-electron chi connectivity index (χ2n) is 2.74. The van der Waals surface area contributed by atoms with Crippen molar-refractivity contribution in [3.05, 3.63) is 0 Å². The van der Waals surface area contributed by atoms with Gasteiger partial charge in [0, 0.05) is 0 Å². The van der Waals surface area contributed by atoms with Crippen molar-refractivity contribution in [1.82, 2.24) is 0 Å². The van der Waals surface area contributed by atoms with Crippen LogP contribution in [0.3, 0.4) is 0 Å². The molecule has 0 aromatic rings. The van der Waals surface area contributed by atoms with E-state index in [1.54, 1.807) is 0 Å². The summed E-state index contributed by atoms with van der Waals surface area (Å²) in [6.45, 7) is 2.36. The van der Waals surface area contributed by atoms with Gasteiger partial charge in [0.05, 0.1) is 0 Å². The Morgan fingerprint density at radius 2 is 1.62 bits per heavy atom. The third-order valence-corrected chi connectivity index (χ3v) is 1.89. The second kappa shape index (κ2) is 4.84. The van der Waals surface area contributed by atoms with Crippen molar-refractivity contribution in [3.63, 3.8) is 0 Å². The molecule has 0 aromatic carbocycles. The van der Waals surface area contributed by atoms with Crippen molar-refractivity contribution in [2.75, 3.05) is 0 Å². The summed E-state index contributed by atoms with van der Waals surface area (Å²) >= 11 is 0. The van der Waals surface area contributed by atoms with Gasteiger partial charge in [-0.1, -0.05) is 39.0 Å². The van der Waals surface area contributed by atoms with E-state index < -0.39 is 0 Å². The minimum absolute atomic E-state index is 0. The Labute approximate surface area is 75.8 Å². The molecule has 0 nitrogen and oxygen atoms in total. The maximum atomic E-state index is 2.36. The van der Waals surface area contributed by atoms with Crippen LogP contribution in [-0.4, -0.2) is 0 Å². The average molecular weight is 122 g/mol. The summed E-state index contributed by atoms with van der Waals surface area (Å²) in [5.41, 5.74) is 0. The smallest absolute Gasteiger partial charge is 1.00 e. The van der Waals surface area contributed by atoms with E-state index in [1.165, 1.54) is 32.1 Å². The molecule has 1 aliphatic carbocycles. The van der Waals surface area contributed by atoms with Crippen LogP contribution in [0.15, 0.2) is 0 Å². The van der Waals surface area contributed by atoms with Crippen LogP contribution in [-0.2, 0) is 0 Å². The minimum atomic E-state index is 0. The predicted molar refractivity (Wildman–Crippen MR) is 33.4 cm³/mol. The normalized spacial score (nSPS) is 22.1. The Kier molecular flexibility index (Phi) is 5.44. The van der Waals surface area contributed by atoms with Crippen LogP contribution in [0.1, 0.15) is 40.5 Å². The molecular formula is C7H15Na. The maximum Gasteiger partial charge on any atom is 1.00 e. The predicted octanol–water partition coefficient (Wildman–Crippen LogP) is -0.297. The quantitative estimate of drug-likeness (QED) is 0.387. The van der Waals surface area contributed by atoms with Crippen LogP contribution in [0.2, 0.25) is 0 Å². The molecule has 44 valence electrons. The molecule has 1 aliphatic rings. The molecule has 0 N–H and O–H groups in total. The van der Waals surface area contributed by atoms with Gasteiger partial charge < -0.3 is 1.43 Å². The Bertz CT molecular complexity index is 50.9. The van der Waals surface area contributed by atoms with Gasteiger partial charge in [0.1, 0.15) is 0 Å². The summed E-state index contributed by atoms with van der Waals surface area (Å²) in [4.78, 5) is 0. The van der Waals surface area contributed by atoms with Gasteiger partial charge in [-0.05, 0) is 5.92 Å². The first-order valence-corrected chi connectivity index (χ1v) is 3.39. The van der Waals surface area contributed by atoms with Gasteiger partial charge in [0.2, 0.25) is 0 Å². The molecule has 0 atom stereocenters. The molecule has 1 heteroatoms. The summed E-state index contributed by atoms with van der Waals surface area (Å²) < 4.78 is 0. The van der Waals surface area contributed by atoms with Crippen molar-refractivity contribution in [3.8, 4) is 0 Å². The van der Waals surface area contributed by atoms with Gasteiger partial charge >= 0.3 is 29.6 Å². The topological polar surface area (TPSA) is 0 Å². The number of hydrogen-bond donors (Lipinski definition) is 0. The van der Waals surface area contributed by atoms with Gasteiger partial charge in [0.25, 0.3) is 0 Å². The zero-order valence-corrected chi connectivity index (χ0v) is 8.11. The zero-order chi connectivity index (χ0) is 5.11. The first kappa shape index (κ1) is 9.00. The van der Waals surface area contributed by atoms with Crippen LogP contribution in [0.5, 0.6) is 0 Å². The average Bonchev–Trinajstić information content (AvgIpc) is 1.69. The van der Waals surface area contributed by atoms with Crippen LogP contribution in [0, 0.1) is 5.92 Å². The molecule has 0 heterocycles. The first-order valence-electron chi connectivity index (χ1n) is 3.39.